The van der Waals surface area contributed by atoms with Crippen LogP contribution in [0, 0.1) is 11.8 Å². The topological polar surface area (TPSA) is 54.2 Å². The van der Waals surface area contributed by atoms with Crippen LogP contribution in [0.5, 0.6) is 0 Å². The molecule has 3 atom stereocenters. The van der Waals surface area contributed by atoms with E-state index in [1.165, 1.54) is 19.3 Å². The van der Waals surface area contributed by atoms with Crippen molar-refractivity contribution < 1.29 is 4.52 Å². The van der Waals surface area contributed by atoms with E-state index in [-0.39, 0.29) is 0 Å². The van der Waals surface area contributed by atoms with Gasteiger partial charge in [0, 0.05) is 32.1 Å². The summed E-state index contributed by atoms with van der Waals surface area (Å²) in [5, 5.41) is 7.76. The Morgan fingerprint density at radius 1 is 1.24 bits per heavy atom. The third-order valence-electron chi connectivity index (χ3n) is 5.50. The van der Waals surface area contributed by atoms with Gasteiger partial charge < -0.3 is 9.84 Å². The van der Waals surface area contributed by atoms with Crippen molar-refractivity contribution in [1.82, 2.24) is 20.4 Å². The molecule has 0 amide bonds. The van der Waals surface area contributed by atoms with Crippen LogP contribution in [-0.4, -0.2) is 41.2 Å². The molecule has 2 saturated carbocycles. The molecule has 3 unspecified atom stereocenters. The molecule has 1 aliphatic heterocycles. The number of rotatable bonds is 5. The van der Waals surface area contributed by atoms with Crippen LogP contribution in [-0.2, 0) is 0 Å². The lowest BCUT2D eigenvalue weighted by molar-refractivity contribution is 0.155. The van der Waals surface area contributed by atoms with Crippen LogP contribution in [0.1, 0.15) is 62.7 Å². The van der Waals surface area contributed by atoms with Gasteiger partial charge in [0.25, 0.3) is 0 Å². The van der Waals surface area contributed by atoms with Gasteiger partial charge in [-0.2, -0.15) is 4.98 Å². The molecule has 1 N–H and O–H groups in total. The van der Waals surface area contributed by atoms with Crippen molar-refractivity contribution >= 4 is 0 Å². The molecule has 0 aromatic carbocycles. The van der Waals surface area contributed by atoms with Crippen LogP contribution < -0.4 is 5.32 Å². The summed E-state index contributed by atoms with van der Waals surface area (Å²) in [5.74, 6) is 4.30. The van der Waals surface area contributed by atoms with E-state index in [0.29, 0.717) is 12.0 Å². The molecule has 1 aromatic rings. The van der Waals surface area contributed by atoms with Crippen LogP contribution in [0.4, 0.5) is 0 Å². The lowest BCUT2D eigenvalue weighted by Crippen LogP contribution is -2.45. The van der Waals surface area contributed by atoms with Gasteiger partial charge in [0.2, 0.25) is 5.89 Å². The van der Waals surface area contributed by atoms with Crippen molar-refractivity contribution in [2.45, 2.75) is 51.0 Å². The summed E-state index contributed by atoms with van der Waals surface area (Å²) in [6.45, 7) is 6.54. The van der Waals surface area contributed by atoms with Gasteiger partial charge in [-0.15, -0.1) is 0 Å². The van der Waals surface area contributed by atoms with Crippen LogP contribution in [0.3, 0.4) is 0 Å². The van der Waals surface area contributed by atoms with Gasteiger partial charge in [-0.3, -0.25) is 4.90 Å². The standard InChI is InChI=1S/C16H26N4O/c1-2-3-14(20-6-4-17-5-7-20)15-18-16(21-19-15)13-9-11-8-12(11)10-13/h11-14,17H,2-10H2,1H3. The summed E-state index contributed by atoms with van der Waals surface area (Å²) in [5.41, 5.74) is 0. The molecular weight excluding hydrogens is 264 g/mol. The number of piperazine rings is 1. The van der Waals surface area contributed by atoms with Crippen molar-refractivity contribution in [1.29, 1.82) is 0 Å². The van der Waals surface area contributed by atoms with Crippen molar-refractivity contribution in [3.63, 3.8) is 0 Å². The number of hydrogen-bond acceptors (Lipinski definition) is 5. The largest absolute Gasteiger partial charge is 0.339 e. The van der Waals surface area contributed by atoms with Crippen molar-refractivity contribution in [2.75, 3.05) is 26.2 Å². The lowest BCUT2D eigenvalue weighted by Gasteiger charge is -2.33. The van der Waals surface area contributed by atoms with Crippen molar-refractivity contribution in [3.8, 4) is 0 Å². The summed E-state index contributed by atoms with van der Waals surface area (Å²) >= 11 is 0. The summed E-state index contributed by atoms with van der Waals surface area (Å²) in [6, 6.07) is 0.338. The molecule has 3 fully saturated rings. The Morgan fingerprint density at radius 2 is 2.00 bits per heavy atom. The molecule has 3 aliphatic rings. The van der Waals surface area contributed by atoms with E-state index >= 15 is 0 Å². The highest BCUT2D eigenvalue weighted by Gasteiger charge is 2.48. The van der Waals surface area contributed by atoms with E-state index in [1.54, 1.807) is 0 Å². The Hall–Kier alpha value is -0.940. The summed E-state index contributed by atoms with van der Waals surface area (Å²) in [4.78, 5) is 7.32. The van der Waals surface area contributed by atoms with Gasteiger partial charge in [0.15, 0.2) is 5.82 Å². The molecule has 116 valence electrons. The molecule has 1 aromatic heterocycles. The molecule has 0 radical (unpaired) electrons. The fourth-order valence-corrected chi connectivity index (χ4v) is 4.21. The van der Waals surface area contributed by atoms with Crippen molar-refractivity contribution in [3.05, 3.63) is 11.7 Å². The summed E-state index contributed by atoms with van der Waals surface area (Å²) in [6.07, 6.45) is 6.27. The summed E-state index contributed by atoms with van der Waals surface area (Å²) < 4.78 is 5.63. The Bertz CT molecular complexity index is 472. The minimum absolute atomic E-state index is 0.338. The lowest BCUT2D eigenvalue weighted by atomic mass is 10.0. The summed E-state index contributed by atoms with van der Waals surface area (Å²) in [7, 11) is 0. The SMILES string of the molecule is CCCC(c1noc(C2CC3CC3C2)n1)N1CCNCC1. The normalized spacial score (nSPS) is 33.9. The molecule has 0 bridgehead atoms. The first-order valence-electron chi connectivity index (χ1n) is 8.63. The Kier molecular flexibility index (Phi) is 3.71. The van der Waals surface area contributed by atoms with E-state index in [2.05, 4.69) is 22.3 Å². The predicted molar refractivity (Wildman–Crippen MR) is 80.0 cm³/mol. The monoisotopic (exact) mass is 290 g/mol. The molecule has 5 nitrogen and oxygen atoms in total. The van der Waals surface area contributed by atoms with E-state index in [4.69, 9.17) is 9.51 Å². The third-order valence-corrected chi connectivity index (χ3v) is 5.50. The molecule has 21 heavy (non-hydrogen) atoms. The molecule has 1 saturated heterocycles. The number of nitrogens with zero attached hydrogens (tertiary/aromatic N) is 3. The van der Waals surface area contributed by atoms with Gasteiger partial charge in [0.05, 0.1) is 6.04 Å². The first-order valence-corrected chi connectivity index (χ1v) is 8.63. The highest BCUT2D eigenvalue weighted by Crippen LogP contribution is 2.57. The van der Waals surface area contributed by atoms with E-state index in [9.17, 15) is 0 Å². The maximum absolute atomic E-state index is 5.63. The molecular formula is C16H26N4O. The van der Waals surface area contributed by atoms with E-state index in [0.717, 1.165) is 62.6 Å². The van der Waals surface area contributed by atoms with Gasteiger partial charge in [-0.25, -0.2) is 0 Å². The third kappa shape index (κ3) is 2.73. The fraction of sp³-hybridized carbons (Fsp3) is 0.875. The zero-order chi connectivity index (χ0) is 14.2. The molecule has 2 aliphatic carbocycles. The van der Waals surface area contributed by atoms with Crippen LogP contribution in [0.25, 0.3) is 0 Å². The molecule has 4 rings (SSSR count). The fourth-order valence-electron chi connectivity index (χ4n) is 4.21. The molecule has 0 spiro atoms. The average Bonchev–Trinajstić information content (AvgIpc) is 2.94. The maximum Gasteiger partial charge on any atom is 0.229 e. The number of aromatic nitrogens is 2. The zero-order valence-corrected chi connectivity index (χ0v) is 12.9. The zero-order valence-electron chi connectivity index (χ0n) is 12.9. The predicted octanol–water partition coefficient (Wildman–Crippen LogP) is 2.33. The van der Waals surface area contributed by atoms with E-state index < -0.39 is 0 Å². The second kappa shape index (κ2) is 5.69. The Morgan fingerprint density at radius 3 is 2.71 bits per heavy atom. The highest BCUT2D eigenvalue weighted by atomic mass is 16.5. The minimum Gasteiger partial charge on any atom is -0.339 e. The Balaban J connectivity index is 1.48. The number of hydrogen-bond donors (Lipinski definition) is 1. The Labute approximate surface area is 126 Å². The van der Waals surface area contributed by atoms with Gasteiger partial charge in [-0.1, -0.05) is 18.5 Å². The van der Waals surface area contributed by atoms with E-state index in [1.807, 2.05) is 0 Å². The van der Waals surface area contributed by atoms with Crippen LogP contribution in [0.15, 0.2) is 4.52 Å². The second-order valence-corrected chi connectivity index (χ2v) is 7.01. The highest BCUT2D eigenvalue weighted by molar-refractivity contribution is 5.08. The molecule has 2 heterocycles. The second-order valence-electron chi connectivity index (χ2n) is 7.01. The van der Waals surface area contributed by atoms with Gasteiger partial charge in [0.1, 0.15) is 0 Å². The quantitative estimate of drug-likeness (QED) is 0.902. The molecule has 5 heteroatoms. The first-order chi connectivity index (χ1) is 10.3. The first kappa shape index (κ1) is 13.7. The van der Waals surface area contributed by atoms with Gasteiger partial charge in [-0.05, 0) is 37.5 Å². The minimum atomic E-state index is 0.338. The van der Waals surface area contributed by atoms with Gasteiger partial charge >= 0.3 is 0 Å². The number of nitrogens with one attached hydrogen (secondary N) is 1. The number of fused-ring (bicyclic) bond motifs is 1. The van der Waals surface area contributed by atoms with Crippen LogP contribution >= 0.6 is 0 Å². The average molecular weight is 290 g/mol. The van der Waals surface area contributed by atoms with Crippen LogP contribution in [0.2, 0.25) is 0 Å². The smallest absolute Gasteiger partial charge is 0.229 e. The maximum atomic E-state index is 5.63. The van der Waals surface area contributed by atoms with Crippen molar-refractivity contribution in [2.24, 2.45) is 11.8 Å².